The molecule has 3 aromatic heterocycles. The quantitative estimate of drug-likeness (QED) is 0.429. The van der Waals surface area contributed by atoms with Gasteiger partial charge >= 0.3 is 0 Å². The number of aryl methyl sites for hydroxylation is 1. The molecule has 4 aromatic rings. The minimum atomic E-state index is -1.29. The number of rotatable bonds is 7. The van der Waals surface area contributed by atoms with Gasteiger partial charge in [-0.1, -0.05) is 12.1 Å². The molecule has 1 N–H and O–H groups in total. The average molecular weight is 481 g/mol. The third-order valence-corrected chi connectivity index (χ3v) is 4.89. The summed E-state index contributed by atoms with van der Waals surface area (Å²) >= 11 is 0. The molecule has 0 aliphatic carbocycles. The number of amides is 2. The van der Waals surface area contributed by atoms with E-state index in [1.165, 1.54) is 24.5 Å². The molecule has 0 radical (unpaired) electrons. The highest BCUT2D eigenvalue weighted by Crippen LogP contribution is 2.31. The van der Waals surface area contributed by atoms with Crippen molar-refractivity contribution in [3.63, 3.8) is 0 Å². The van der Waals surface area contributed by atoms with Crippen LogP contribution in [0.3, 0.4) is 0 Å². The van der Waals surface area contributed by atoms with Gasteiger partial charge in [-0.05, 0) is 69.3 Å². The van der Waals surface area contributed by atoms with Gasteiger partial charge in [-0.2, -0.15) is 4.80 Å². The molecule has 1 aromatic carbocycles. The monoisotopic (exact) mass is 480 g/mol. The van der Waals surface area contributed by atoms with Crippen LogP contribution in [-0.4, -0.2) is 37.6 Å². The van der Waals surface area contributed by atoms with E-state index in [9.17, 15) is 14.0 Å². The first-order valence-corrected chi connectivity index (χ1v) is 10.9. The Kier molecular flexibility index (Phi) is 6.50. The average Bonchev–Trinajstić information content (AvgIpc) is 3.53. The summed E-state index contributed by atoms with van der Waals surface area (Å²) in [5.74, 6) is -0.450. The number of furan rings is 2. The Morgan fingerprint density at radius 1 is 1.14 bits per heavy atom. The highest BCUT2D eigenvalue weighted by Gasteiger charge is 2.37. The molecule has 11 heteroatoms. The van der Waals surface area contributed by atoms with Gasteiger partial charge in [0.2, 0.25) is 5.82 Å². The summed E-state index contributed by atoms with van der Waals surface area (Å²) in [6.45, 7) is 6.77. The standard InChI is InChI=1S/C24H25FN6O4/c1-15-11-12-19(35-15)22-27-29-30(28-22)14-20(32)31(17-9-6-5-8-16(17)25)21(18-10-7-13-34-18)23(33)26-24(2,3)4/h5-13,21H,14H2,1-4H3,(H,26,33)/t21-/m1/s1. The van der Waals surface area contributed by atoms with Crippen LogP contribution in [-0.2, 0) is 16.1 Å². The van der Waals surface area contributed by atoms with Gasteiger partial charge in [0.15, 0.2) is 11.8 Å². The Labute approximate surface area is 200 Å². The number of carbonyl (C=O) groups excluding carboxylic acids is 2. The predicted molar refractivity (Wildman–Crippen MR) is 123 cm³/mol. The van der Waals surface area contributed by atoms with Crippen LogP contribution in [0, 0.1) is 12.7 Å². The van der Waals surface area contributed by atoms with E-state index in [0.717, 1.165) is 9.70 Å². The van der Waals surface area contributed by atoms with E-state index < -0.39 is 35.8 Å². The summed E-state index contributed by atoms with van der Waals surface area (Å²) in [6, 6.07) is 11.0. The van der Waals surface area contributed by atoms with Crippen LogP contribution >= 0.6 is 0 Å². The maximum Gasteiger partial charge on any atom is 0.251 e. The zero-order valence-corrected chi connectivity index (χ0v) is 19.7. The van der Waals surface area contributed by atoms with Crippen LogP contribution < -0.4 is 10.2 Å². The molecule has 35 heavy (non-hydrogen) atoms. The van der Waals surface area contributed by atoms with Crippen LogP contribution in [0.25, 0.3) is 11.6 Å². The first-order chi connectivity index (χ1) is 16.6. The number of carbonyl (C=O) groups is 2. The maximum atomic E-state index is 15.0. The second-order valence-corrected chi connectivity index (χ2v) is 8.93. The molecule has 3 heterocycles. The Hall–Kier alpha value is -4.28. The third-order valence-electron chi connectivity index (χ3n) is 4.89. The molecule has 2 amide bonds. The number of hydrogen-bond donors (Lipinski definition) is 1. The van der Waals surface area contributed by atoms with E-state index in [4.69, 9.17) is 8.83 Å². The smallest absolute Gasteiger partial charge is 0.251 e. The SMILES string of the molecule is Cc1ccc(-c2nnn(CC(=O)N(c3ccccc3F)[C@@H](C(=O)NC(C)(C)C)c3ccco3)n2)o1. The Balaban J connectivity index is 1.72. The normalized spacial score (nSPS) is 12.4. The van der Waals surface area contributed by atoms with Crippen molar-refractivity contribution in [2.75, 3.05) is 4.90 Å². The predicted octanol–water partition coefficient (Wildman–Crippen LogP) is 3.66. The molecular formula is C24H25FN6O4. The number of para-hydroxylation sites is 1. The van der Waals surface area contributed by atoms with Crippen molar-refractivity contribution in [1.29, 1.82) is 0 Å². The Morgan fingerprint density at radius 2 is 1.91 bits per heavy atom. The van der Waals surface area contributed by atoms with Crippen molar-refractivity contribution >= 4 is 17.5 Å². The summed E-state index contributed by atoms with van der Waals surface area (Å²) in [5, 5.41) is 14.9. The first kappa shape index (κ1) is 23.9. The number of halogens is 1. The topological polar surface area (TPSA) is 119 Å². The molecule has 4 rings (SSSR count). The Bertz CT molecular complexity index is 1320. The largest absolute Gasteiger partial charge is 0.467 e. The van der Waals surface area contributed by atoms with Crippen molar-refractivity contribution in [2.45, 2.75) is 45.8 Å². The van der Waals surface area contributed by atoms with E-state index in [-0.39, 0.29) is 17.3 Å². The summed E-state index contributed by atoms with van der Waals surface area (Å²) in [7, 11) is 0. The van der Waals surface area contributed by atoms with Crippen molar-refractivity contribution in [2.24, 2.45) is 0 Å². The molecule has 1 atom stereocenters. The second-order valence-electron chi connectivity index (χ2n) is 8.93. The van der Waals surface area contributed by atoms with Gasteiger partial charge in [0.25, 0.3) is 11.8 Å². The molecule has 0 spiro atoms. The lowest BCUT2D eigenvalue weighted by Gasteiger charge is -2.32. The van der Waals surface area contributed by atoms with Crippen molar-refractivity contribution in [3.05, 3.63) is 72.1 Å². The third kappa shape index (κ3) is 5.45. The lowest BCUT2D eigenvalue weighted by atomic mass is 10.1. The number of tetrazole rings is 1. The van der Waals surface area contributed by atoms with Gasteiger partial charge in [0.1, 0.15) is 23.9 Å². The summed E-state index contributed by atoms with van der Waals surface area (Å²) < 4.78 is 25.9. The molecular weight excluding hydrogens is 455 g/mol. The summed E-state index contributed by atoms with van der Waals surface area (Å²) in [5.41, 5.74) is -0.708. The van der Waals surface area contributed by atoms with Gasteiger partial charge in [-0.3, -0.25) is 14.5 Å². The molecule has 0 unspecified atom stereocenters. The fraction of sp³-hybridized carbons (Fsp3) is 0.292. The summed E-state index contributed by atoms with van der Waals surface area (Å²) in [4.78, 5) is 29.1. The molecule has 0 aliphatic rings. The van der Waals surface area contributed by atoms with Gasteiger partial charge in [-0.25, -0.2) is 4.39 Å². The van der Waals surface area contributed by atoms with Crippen LogP contribution in [0.15, 0.2) is 63.6 Å². The van der Waals surface area contributed by atoms with Crippen LogP contribution in [0.4, 0.5) is 10.1 Å². The molecule has 182 valence electrons. The number of nitrogens with zero attached hydrogens (tertiary/aromatic N) is 5. The molecule has 0 saturated heterocycles. The number of hydrogen-bond acceptors (Lipinski definition) is 7. The molecule has 0 saturated carbocycles. The van der Waals surface area contributed by atoms with E-state index in [2.05, 4.69) is 20.7 Å². The highest BCUT2D eigenvalue weighted by atomic mass is 19.1. The van der Waals surface area contributed by atoms with E-state index in [0.29, 0.717) is 11.5 Å². The molecule has 0 fully saturated rings. The van der Waals surface area contributed by atoms with E-state index in [1.807, 2.05) is 0 Å². The fourth-order valence-corrected chi connectivity index (χ4v) is 3.48. The number of benzene rings is 1. The number of anilines is 1. The second kappa shape index (κ2) is 9.53. The van der Waals surface area contributed by atoms with Crippen molar-refractivity contribution in [1.82, 2.24) is 25.5 Å². The lowest BCUT2D eigenvalue weighted by molar-refractivity contribution is -0.128. The zero-order chi connectivity index (χ0) is 25.2. The van der Waals surface area contributed by atoms with Crippen LogP contribution in [0.1, 0.15) is 38.3 Å². The minimum Gasteiger partial charge on any atom is -0.467 e. The zero-order valence-electron chi connectivity index (χ0n) is 19.7. The minimum absolute atomic E-state index is 0.0926. The Morgan fingerprint density at radius 3 is 2.54 bits per heavy atom. The van der Waals surface area contributed by atoms with Gasteiger partial charge in [0.05, 0.1) is 12.0 Å². The number of aromatic nitrogens is 4. The van der Waals surface area contributed by atoms with Gasteiger partial charge in [-0.15, -0.1) is 10.2 Å². The number of nitrogens with one attached hydrogen (secondary N) is 1. The van der Waals surface area contributed by atoms with Crippen LogP contribution in [0.2, 0.25) is 0 Å². The van der Waals surface area contributed by atoms with Crippen LogP contribution in [0.5, 0.6) is 0 Å². The van der Waals surface area contributed by atoms with Gasteiger partial charge in [0, 0.05) is 5.54 Å². The van der Waals surface area contributed by atoms with E-state index >= 15 is 0 Å². The molecule has 0 aliphatic heterocycles. The van der Waals surface area contributed by atoms with Gasteiger partial charge < -0.3 is 14.2 Å². The molecule has 0 bridgehead atoms. The summed E-state index contributed by atoms with van der Waals surface area (Å²) in [6.07, 6.45) is 1.38. The maximum absolute atomic E-state index is 15.0. The van der Waals surface area contributed by atoms with Crippen molar-refractivity contribution < 1.29 is 22.8 Å². The fourth-order valence-electron chi connectivity index (χ4n) is 3.48. The highest BCUT2D eigenvalue weighted by molar-refractivity contribution is 6.01. The molecule has 10 nitrogen and oxygen atoms in total. The van der Waals surface area contributed by atoms with E-state index in [1.54, 1.807) is 58.0 Å². The first-order valence-electron chi connectivity index (χ1n) is 10.9. The van der Waals surface area contributed by atoms with Crippen molar-refractivity contribution in [3.8, 4) is 11.6 Å². The lowest BCUT2D eigenvalue weighted by Crippen LogP contribution is -2.50.